The van der Waals surface area contributed by atoms with Crippen LogP contribution in [0.15, 0.2) is 0 Å². The zero-order valence-corrected chi connectivity index (χ0v) is 13.0. The maximum Gasteiger partial charge on any atom is 0.345 e. The van der Waals surface area contributed by atoms with E-state index in [-0.39, 0.29) is 17.6 Å². The molecular weight excluding hydrogens is 292 g/mol. The van der Waals surface area contributed by atoms with Crippen molar-refractivity contribution < 1.29 is 14.3 Å². The molecule has 1 saturated heterocycles. The van der Waals surface area contributed by atoms with E-state index in [0.717, 1.165) is 17.8 Å². The van der Waals surface area contributed by atoms with Gasteiger partial charge in [0.05, 0.1) is 6.61 Å². The predicted octanol–water partition coefficient (Wildman–Crippen LogP) is 0.864. The van der Waals surface area contributed by atoms with E-state index < -0.39 is 5.97 Å². The van der Waals surface area contributed by atoms with Crippen LogP contribution in [0.25, 0.3) is 0 Å². The number of carbonyl (C=O) groups excluding carboxylic acids is 2. The van der Waals surface area contributed by atoms with Crippen molar-refractivity contribution >= 4 is 34.2 Å². The Bertz CT molecular complexity index is 523. The van der Waals surface area contributed by atoms with Crippen LogP contribution in [-0.2, 0) is 9.53 Å². The highest BCUT2D eigenvalue weighted by atomic mass is 32.1. The van der Waals surface area contributed by atoms with E-state index in [4.69, 9.17) is 10.5 Å². The minimum Gasteiger partial charge on any atom is -0.462 e. The van der Waals surface area contributed by atoms with Crippen molar-refractivity contribution in [2.24, 2.45) is 5.92 Å². The Hall–Kier alpha value is -1.83. The number of hydrogen-bond donors (Lipinski definition) is 2. The molecule has 0 radical (unpaired) electrons. The molecule has 21 heavy (non-hydrogen) atoms. The Morgan fingerprint density at radius 2 is 2.14 bits per heavy atom. The number of nitrogen functional groups attached to an aromatic ring is 1. The number of piperidine rings is 1. The highest BCUT2D eigenvalue weighted by Crippen LogP contribution is 2.34. The van der Waals surface area contributed by atoms with Gasteiger partial charge < -0.3 is 20.7 Å². The van der Waals surface area contributed by atoms with Gasteiger partial charge in [0, 0.05) is 26.1 Å². The maximum absolute atomic E-state index is 12.0. The third-order valence-electron chi connectivity index (χ3n) is 3.58. The molecule has 2 rings (SSSR count). The van der Waals surface area contributed by atoms with Crippen molar-refractivity contribution in [2.45, 2.75) is 19.8 Å². The fourth-order valence-corrected chi connectivity index (χ4v) is 3.31. The average molecular weight is 312 g/mol. The maximum atomic E-state index is 12.0. The molecule has 0 atom stereocenters. The molecule has 0 spiro atoms. The molecule has 0 saturated carbocycles. The van der Waals surface area contributed by atoms with Crippen LogP contribution in [0.2, 0.25) is 0 Å². The molecule has 1 fully saturated rings. The van der Waals surface area contributed by atoms with Gasteiger partial charge in [-0.25, -0.2) is 4.79 Å². The molecule has 0 aliphatic carbocycles. The summed E-state index contributed by atoms with van der Waals surface area (Å²) in [7, 11) is 1.65. The number of nitrogens with zero attached hydrogens (tertiary/aromatic N) is 2. The Morgan fingerprint density at radius 1 is 1.48 bits per heavy atom. The molecule has 3 N–H and O–H groups in total. The van der Waals surface area contributed by atoms with Gasteiger partial charge in [-0.15, -0.1) is 0 Å². The predicted molar refractivity (Wildman–Crippen MR) is 81.5 cm³/mol. The van der Waals surface area contributed by atoms with E-state index >= 15 is 0 Å². The Labute approximate surface area is 127 Å². The number of rotatable bonds is 4. The van der Waals surface area contributed by atoms with Crippen molar-refractivity contribution in [3.63, 3.8) is 0 Å². The standard InChI is InChI=1S/C13H20N4O3S/c1-3-20-13(19)9-10(14)16-21-12(9)17-6-4-8(5-7-17)11(18)15-2/h8H,3-7H2,1-2H3,(H2,14,16)(H,15,18). The van der Waals surface area contributed by atoms with E-state index in [0.29, 0.717) is 25.3 Å². The van der Waals surface area contributed by atoms with Gasteiger partial charge in [-0.1, -0.05) is 0 Å². The van der Waals surface area contributed by atoms with Crippen LogP contribution >= 0.6 is 11.5 Å². The van der Waals surface area contributed by atoms with E-state index in [1.165, 1.54) is 11.5 Å². The minimum absolute atomic E-state index is 0.0301. The van der Waals surface area contributed by atoms with Crippen molar-refractivity contribution in [2.75, 3.05) is 37.4 Å². The Kier molecular flexibility index (Phi) is 5.00. The molecule has 7 nitrogen and oxygen atoms in total. The van der Waals surface area contributed by atoms with Crippen LogP contribution in [0.1, 0.15) is 30.1 Å². The summed E-state index contributed by atoms with van der Waals surface area (Å²) in [6.07, 6.45) is 1.50. The minimum atomic E-state index is -0.438. The van der Waals surface area contributed by atoms with Gasteiger partial charge in [-0.2, -0.15) is 4.37 Å². The van der Waals surface area contributed by atoms with Crippen molar-refractivity contribution in [3.05, 3.63) is 5.56 Å². The van der Waals surface area contributed by atoms with Crippen LogP contribution in [0.5, 0.6) is 0 Å². The fourth-order valence-electron chi connectivity index (χ4n) is 2.45. The molecule has 1 aliphatic rings. The monoisotopic (exact) mass is 312 g/mol. The van der Waals surface area contributed by atoms with Gasteiger partial charge in [0.1, 0.15) is 10.6 Å². The first-order valence-corrected chi connectivity index (χ1v) is 7.74. The van der Waals surface area contributed by atoms with Crippen molar-refractivity contribution in [3.8, 4) is 0 Å². The third kappa shape index (κ3) is 3.26. The van der Waals surface area contributed by atoms with E-state index in [2.05, 4.69) is 14.6 Å². The summed E-state index contributed by atoms with van der Waals surface area (Å²) in [4.78, 5) is 25.7. The Balaban J connectivity index is 2.10. The molecule has 1 aromatic rings. The molecule has 1 aliphatic heterocycles. The van der Waals surface area contributed by atoms with Gasteiger partial charge in [0.2, 0.25) is 5.91 Å². The first-order valence-electron chi connectivity index (χ1n) is 6.97. The van der Waals surface area contributed by atoms with Crippen LogP contribution in [-0.4, -0.2) is 43.0 Å². The number of hydrogen-bond acceptors (Lipinski definition) is 7. The quantitative estimate of drug-likeness (QED) is 0.801. The lowest BCUT2D eigenvalue weighted by Gasteiger charge is -2.31. The molecule has 0 unspecified atom stereocenters. The largest absolute Gasteiger partial charge is 0.462 e. The SMILES string of the molecule is CCOC(=O)c1c(N)nsc1N1CCC(C(=O)NC)CC1. The molecular formula is C13H20N4O3S. The summed E-state index contributed by atoms with van der Waals surface area (Å²) in [6.45, 7) is 3.45. The second kappa shape index (κ2) is 6.75. The molecule has 1 aromatic heterocycles. The van der Waals surface area contributed by atoms with Crippen LogP contribution < -0.4 is 16.0 Å². The molecule has 2 heterocycles. The highest BCUT2D eigenvalue weighted by molar-refractivity contribution is 7.11. The molecule has 0 aromatic carbocycles. The van der Waals surface area contributed by atoms with Gasteiger partial charge in [0.25, 0.3) is 0 Å². The number of nitrogens with two attached hydrogens (primary N) is 1. The molecule has 0 bridgehead atoms. The third-order valence-corrected chi connectivity index (χ3v) is 4.50. The second-order valence-electron chi connectivity index (χ2n) is 4.84. The first-order chi connectivity index (χ1) is 10.1. The normalized spacial score (nSPS) is 15.8. The number of aromatic nitrogens is 1. The van der Waals surface area contributed by atoms with Gasteiger partial charge in [-0.05, 0) is 31.3 Å². The summed E-state index contributed by atoms with van der Waals surface area (Å²) >= 11 is 1.20. The van der Waals surface area contributed by atoms with E-state index in [1.807, 2.05) is 0 Å². The summed E-state index contributed by atoms with van der Waals surface area (Å²) in [5, 5.41) is 3.42. The zero-order valence-electron chi connectivity index (χ0n) is 12.2. The van der Waals surface area contributed by atoms with Gasteiger partial charge >= 0.3 is 5.97 Å². The molecule has 8 heteroatoms. The molecule has 1 amide bonds. The van der Waals surface area contributed by atoms with Crippen LogP contribution in [0.4, 0.5) is 10.8 Å². The van der Waals surface area contributed by atoms with Crippen molar-refractivity contribution in [1.29, 1.82) is 0 Å². The zero-order chi connectivity index (χ0) is 15.4. The van der Waals surface area contributed by atoms with Gasteiger partial charge in [0.15, 0.2) is 5.82 Å². The number of amides is 1. The van der Waals surface area contributed by atoms with E-state index in [9.17, 15) is 9.59 Å². The lowest BCUT2D eigenvalue weighted by molar-refractivity contribution is -0.125. The number of carbonyl (C=O) groups is 2. The fraction of sp³-hybridized carbons (Fsp3) is 0.615. The lowest BCUT2D eigenvalue weighted by Crippen LogP contribution is -2.39. The Morgan fingerprint density at radius 3 is 2.71 bits per heavy atom. The summed E-state index contributed by atoms with van der Waals surface area (Å²) in [5.74, 6) is -0.124. The molecule has 116 valence electrons. The second-order valence-corrected chi connectivity index (χ2v) is 5.60. The number of nitrogens with one attached hydrogen (secondary N) is 1. The number of anilines is 2. The number of esters is 1. The smallest absolute Gasteiger partial charge is 0.345 e. The van der Waals surface area contributed by atoms with Crippen molar-refractivity contribution in [1.82, 2.24) is 9.69 Å². The van der Waals surface area contributed by atoms with Crippen LogP contribution in [0, 0.1) is 5.92 Å². The summed E-state index contributed by atoms with van der Waals surface area (Å²) in [6, 6.07) is 0. The van der Waals surface area contributed by atoms with Crippen LogP contribution in [0.3, 0.4) is 0 Å². The lowest BCUT2D eigenvalue weighted by atomic mass is 9.96. The number of ether oxygens (including phenoxy) is 1. The topological polar surface area (TPSA) is 97.6 Å². The first kappa shape index (κ1) is 15.6. The summed E-state index contributed by atoms with van der Waals surface area (Å²) < 4.78 is 9.10. The van der Waals surface area contributed by atoms with E-state index in [1.54, 1.807) is 14.0 Å². The van der Waals surface area contributed by atoms with Gasteiger partial charge in [-0.3, -0.25) is 4.79 Å². The summed E-state index contributed by atoms with van der Waals surface area (Å²) in [5.41, 5.74) is 6.13. The average Bonchev–Trinajstić information content (AvgIpc) is 2.88. The highest BCUT2D eigenvalue weighted by Gasteiger charge is 2.29.